The highest BCUT2D eigenvalue weighted by molar-refractivity contribution is 5.95. The van der Waals surface area contributed by atoms with E-state index in [1.807, 2.05) is 29.2 Å². The van der Waals surface area contributed by atoms with Gasteiger partial charge in [0.1, 0.15) is 5.60 Å². The van der Waals surface area contributed by atoms with Gasteiger partial charge in [-0.3, -0.25) is 14.8 Å². The molecule has 0 saturated heterocycles. The first-order valence-corrected chi connectivity index (χ1v) is 12.4. The summed E-state index contributed by atoms with van der Waals surface area (Å²) in [4.78, 5) is 39.5. The molecule has 1 amide bonds. The second kappa shape index (κ2) is 10.0. The largest absolute Gasteiger partial charge is 0.442 e. The minimum atomic E-state index is -0.948. The first-order chi connectivity index (χ1) is 17.8. The molecule has 5 rings (SSSR count). The third-order valence-electron chi connectivity index (χ3n) is 6.67. The molecule has 1 atom stereocenters. The van der Waals surface area contributed by atoms with E-state index < -0.39 is 11.7 Å². The number of ether oxygens (including phenoxy) is 1. The van der Waals surface area contributed by atoms with Crippen LogP contribution in [-0.2, 0) is 17.6 Å². The Balaban J connectivity index is 1.30. The third-order valence-corrected chi connectivity index (χ3v) is 6.67. The maximum Gasteiger partial charge on any atom is 0.435 e. The first kappa shape index (κ1) is 24.5. The van der Waals surface area contributed by atoms with E-state index in [9.17, 15) is 9.59 Å². The van der Waals surface area contributed by atoms with Gasteiger partial charge in [0.2, 0.25) is 0 Å². The van der Waals surface area contributed by atoms with Crippen LogP contribution in [0, 0.1) is 0 Å². The van der Waals surface area contributed by atoms with Crippen molar-refractivity contribution in [3.63, 3.8) is 0 Å². The molecule has 2 heterocycles. The summed E-state index contributed by atoms with van der Waals surface area (Å²) in [7, 11) is 0. The number of benzene rings is 1. The summed E-state index contributed by atoms with van der Waals surface area (Å²) < 4.78 is 6.70. The van der Waals surface area contributed by atoms with Crippen molar-refractivity contribution < 1.29 is 14.3 Å². The van der Waals surface area contributed by atoms with Gasteiger partial charge in [-0.25, -0.2) is 4.79 Å². The predicted octanol–water partition coefficient (Wildman–Crippen LogP) is 4.58. The average Bonchev–Trinajstić information content (AvgIpc) is 3.64. The van der Waals surface area contributed by atoms with Gasteiger partial charge in [0.25, 0.3) is 5.91 Å². The third kappa shape index (κ3) is 5.46. The normalized spacial score (nSPS) is 16.9. The van der Waals surface area contributed by atoms with Crippen molar-refractivity contribution >= 4 is 12.0 Å². The molecule has 0 bridgehead atoms. The fourth-order valence-electron chi connectivity index (χ4n) is 4.70. The summed E-state index contributed by atoms with van der Waals surface area (Å²) in [5, 5.41) is 7.93. The number of nitrogens with zero attached hydrogens (tertiary/aromatic N) is 8. The molecule has 11 nitrogen and oxygen atoms in total. The Kier molecular flexibility index (Phi) is 6.62. The fraction of sp³-hybridized carbons (Fsp3) is 0.423. The molecule has 190 valence electrons. The van der Waals surface area contributed by atoms with Crippen LogP contribution in [0.3, 0.4) is 0 Å². The highest BCUT2D eigenvalue weighted by Crippen LogP contribution is 2.35. The topological polar surface area (TPSA) is 139 Å². The smallest absolute Gasteiger partial charge is 0.435 e. The van der Waals surface area contributed by atoms with E-state index in [0.717, 1.165) is 41.8 Å². The fourth-order valence-corrected chi connectivity index (χ4v) is 4.70. The molecule has 37 heavy (non-hydrogen) atoms. The molecule has 1 saturated carbocycles. The van der Waals surface area contributed by atoms with E-state index >= 15 is 0 Å². The standard InChI is InChI=1S/C26H28N8O3/c1-26(2,16-30-32-27)37-25(36)33-15-19-13-21(9-10-22(19)31-33)34(20-7-8-20)24(35)18-5-3-17(4-6-18)23-14-28-11-12-29-23/h3-6,11-12,14-15,20-21H,7-10,13,16H2,1-2H3. The molecule has 2 aromatic heterocycles. The van der Waals surface area contributed by atoms with Crippen LogP contribution in [0.15, 0.2) is 54.2 Å². The van der Waals surface area contributed by atoms with Gasteiger partial charge in [-0.1, -0.05) is 17.2 Å². The van der Waals surface area contributed by atoms with Crippen molar-refractivity contribution in [1.29, 1.82) is 0 Å². The molecule has 0 N–H and O–H groups in total. The molecule has 1 fully saturated rings. The molecular weight excluding hydrogens is 472 g/mol. The number of carbonyl (C=O) groups excluding carboxylic acids is 2. The molecule has 0 radical (unpaired) electrons. The zero-order valence-corrected chi connectivity index (χ0v) is 20.8. The van der Waals surface area contributed by atoms with Gasteiger partial charge in [0.05, 0.1) is 24.1 Å². The van der Waals surface area contributed by atoms with Crippen molar-refractivity contribution in [2.24, 2.45) is 5.11 Å². The lowest BCUT2D eigenvalue weighted by molar-refractivity contribution is 0.0441. The van der Waals surface area contributed by atoms with Crippen LogP contribution in [-0.4, -0.2) is 60.9 Å². The molecule has 0 aliphatic heterocycles. The second-order valence-corrected chi connectivity index (χ2v) is 10.1. The van der Waals surface area contributed by atoms with Crippen LogP contribution in [0.5, 0.6) is 0 Å². The summed E-state index contributed by atoms with van der Waals surface area (Å²) >= 11 is 0. The summed E-state index contributed by atoms with van der Waals surface area (Å²) in [5.41, 5.74) is 11.7. The van der Waals surface area contributed by atoms with Crippen molar-refractivity contribution in [3.8, 4) is 11.3 Å². The molecule has 0 spiro atoms. The van der Waals surface area contributed by atoms with Gasteiger partial charge in [-0.15, -0.1) is 0 Å². The highest BCUT2D eigenvalue weighted by Gasteiger charge is 2.39. The Bertz CT molecular complexity index is 1340. The van der Waals surface area contributed by atoms with Crippen LogP contribution >= 0.6 is 0 Å². The second-order valence-electron chi connectivity index (χ2n) is 10.1. The Morgan fingerprint density at radius 2 is 1.97 bits per heavy atom. The number of aromatic nitrogens is 4. The zero-order valence-electron chi connectivity index (χ0n) is 20.8. The van der Waals surface area contributed by atoms with Crippen LogP contribution in [0.25, 0.3) is 21.7 Å². The molecule has 2 aliphatic carbocycles. The lowest BCUT2D eigenvalue weighted by atomic mass is 9.91. The Labute approximate surface area is 214 Å². The average molecular weight is 501 g/mol. The minimum Gasteiger partial charge on any atom is -0.442 e. The molecular formula is C26H28N8O3. The van der Waals surface area contributed by atoms with E-state index in [1.54, 1.807) is 38.6 Å². The van der Waals surface area contributed by atoms with E-state index in [-0.39, 0.29) is 24.5 Å². The highest BCUT2D eigenvalue weighted by atomic mass is 16.6. The van der Waals surface area contributed by atoms with Gasteiger partial charge in [-0.2, -0.15) is 9.78 Å². The summed E-state index contributed by atoms with van der Waals surface area (Å²) in [5.74, 6) is 0.0215. The SMILES string of the molecule is CC(C)(CN=[N+]=[N-])OC(=O)n1cc2c(n1)CCC(N(C(=O)c1ccc(-c3cnccn3)cc1)C1CC1)C2. The maximum absolute atomic E-state index is 13.6. The van der Waals surface area contributed by atoms with Crippen molar-refractivity contribution in [2.75, 3.05) is 6.54 Å². The Morgan fingerprint density at radius 3 is 2.65 bits per heavy atom. The van der Waals surface area contributed by atoms with Gasteiger partial charge >= 0.3 is 6.09 Å². The van der Waals surface area contributed by atoms with E-state index in [1.165, 1.54) is 4.68 Å². The number of fused-ring (bicyclic) bond motifs is 1. The van der Waals surface area contributed by atoms with Crippen molar-refractivity contribution in [1.82, 2.24) is 24.6 Å². The van der Waals surface area contributed by atoms with Crippen LogP contribution in [0.1, 0.15) is 54.7 Å². The minimum absolute atomic E-state index is 0.0215. The Hall–Kier alpha value is -4.24. The summed E-state index contributed by atoms with van der Waals surface area (Å²) in [6.45, 7) is 3.38. The number of amides is 1. The molecule has 2 aliphatic rings. The van der Waals surface area contributed by atoms with Gasteiger partial charge in [-0.05, 0) is 69.2 Å². The number of hydrogen-bond donors (Lipinski definition) is 0. The maximum atomic E-state index is 13.6. The predicted molar refractivity (Wildman–Crippen MR) is 135 cm³/mol. The summed E-state index contributed by atoms with van der Waals surface area (Å²) in [6, 6.07) is 7.77. The molecule has 11 heteroatoms. The van der Waals surface area contributed by atoms with E-state index in [4.69, 9.17) is 10.3 Å². The molecule has 1 unspecified atom stereocenters. The lowest BCUT2D eigenvalue weighted by Crippen LogP contribution is -2.44. The van der Waals surface area contributed by atoms with Crippen LogP contribution in [0.4, 0.5) is 4.79 Å². The number of hydrogen-bond acceptors (Lipinski definition) is 7. The van der Waals surface area contributed by atoms with Crippen LogP contribution in [0.2, 0.25) is 0 Å². The quantitative estimate of drug-likeness (QED) is 0.264. The van der Waals surface area contributed by atoms with Gasteiger partial charge in [0, 0.05) is 46.7 Å². The number of aryl methyl sites for hydroxylation is 1. The molecule has 3 aromatic rings. The number of rotatable bonds is 7. The monoisotopic (exact) mass is 500 g/mol. The zero-order chi connectivity index (χ0) is 26.0. The van der Waals surface area contributed by atoms with Crippen molar-refractivity contribution in [2.45, 2.75) is 63.6 Å². The number of azide groups is 1. The molecule has 1 aromatic carbocycles. The van der Waals surface area contributed by atoms with E-state index in [0.29, 0.717) is 18.4 Å². The van der Waals surface area contributed by atoms with Crippen molar-refractivity contribution in [3.05, 3.63) is 76.3 Å². The number of carbonyl (C=O) groups is 2. The van der Waals surface area contributed by atoms with Gasteiger partial charge < -0.3 is 9.64 Å². The van der Waals surface area contributed by atoms with Gasteiger partial charge in [0.15, 0.2) is 0 Å². The van der Waals surface area contributed by atoms with Crippen LogP contribution < -0.4 is 0 Å². The lowest BCUT2D eigenvalue weighted by Gasteiger charge is -2.34. The summed E-state index contributed by atoms with van der Waals surface area (Å²) in [6.07, 6.45) is 10.1. The Morgan fingerprint density at radius 1 is 1.19 bits per heavy atom. The van der Waals surface area contributed by atoms with E-state index in [2.05, 4.69) is 25.1 Å². The first-order valence-electron chi connectivity index (χ1n) is 12.4.